The SMILES string of the molecule is C=C(c1ccc(-c2cnc(CCC3CCN(CC(C)(C)F)CC3)cn2)c(F)c1)N1CCC(O)C1. The summed E-state index contributed by atoms with van der Waals surface area (Å²) in [5.74, 6) is 0.263. The van der Waals surface area contributed by atoms with Gasteiger partial charge in [0.05, 0.1) is 23.7 Å². The molecule has 0 saturated carbocycles. The highest BCUT2D eigenvalue weighted by Crippen LogP contribution is 2.28. The number of piperidine rings is 1. The normalized spacial score (nSPS) is 20.1. The molecule has 1 unspecified atom stereocenters. The molecule has 1 atom stereocenters. The van der Waals surface area contributed by atoms with Gasteiger partial charge < -0.3 is 14.9 Å². The molecule has 7 heteroatoms. The van der Waals surface area contributed by atoms with Crippen molar-refractivity contribution in [3.8, 4) is 11.3 Å². The van der Waals surface area contributed by atoms with Crippen molar-refractivity contribution in [2.75, 3.05) is 32.7 Å². The maximum Gasteiger partial charge on any atom is 0.133 e. The van der Waals surface area contributed by atoms with Crippen molar-refractivity contribution in [1.82, 2.24) is 19.8 Å². The van der Waals surface area contributed by atoms with Crippen LogP contribution in [-0.4, -0.2) is 69.4 Å². The van der Waals surface area contributed by atoms with Crippen LogP contribution in [0.25, 0.3) is 17.0 Å². The van der Waals surface area contributed by atoms with Crippen LogP contribution in [0.5, 0.6) is 0 Å². The fourth-order valence-corrected chi connectivity index (χ4v) is 5.01. The largest absolute Gasteiger partial charge is 0.391 e. The number of benzene rings is 1. The van der Waals surface area contributed by atoms with E-state index in [1.54, 1.807) is 32.3 Å². The Kier molecular flexibility index (Phi) is 7.63. The molecule has 0 radical (unpaired) electrons. The van der Waals surface area contributed by atoms with Crippen LogP contribution >= 0.6 is 0 Å². The molecule has 0 bridgehead atoms. The number of β-amino-alcohol motifs (C(OH)–C–C–N with tert-alkyl or cyclic N) is 1. The van der Waals surface area contributed by atoms with Gasteiger partial charge >= 0.3 is 0 Å². The summed E-state index contributed by atoms with van der Waals surface area (Å²) < 4.78 is 28.7. The second-order valence-corrected chi connectivity index (χ2v) is 10.4. The second-order valence-electron chi connectivity index (χ2n) is 10.4. The van der Waals surface area contributed by atoms with Crippen LogP contribution in [0.4, 0.5) is 8.78 Å². The van der Waals surface area contributed by atoms with Gasteiger partial charge in [-0.05, 0) is 77.1 Å². The van der Waals surface area contributed by atoms with Crippen molar-refractivity contribution in [3.63, 3.8) is 0 Å². The van der Waals surface area contributed by atoms with E-state index < -0.39 is 5.67 Å². The summed E-state index contributed by atoms with van der Waals surface area (Å²) in [6.07, 6.45) is 7.79. The summed E-state index contributed by atoms with van der Waals surface area (Å²) in [6.45, 7) is 11.0. The summed E-state index contributed by atoms with van der Waals surface area (Å²) in [6, 6.07) is 5.05. The molecule has 0 aliphatic carbocycles. The van der Waals surface area contributed by atoms with Gasteiger partial charge in [-0.1, -0.05) is 12.6 Å². The van der Waals surface area contributed by atoms with Gasteiger partial charge in [-0.2, -0.15) is 0 Å². The molecule has 2 aliphatic heterocycles. The third-order valence-electron chi connectivity index (χ3n) is 6.94. The van der Waals surface area contributed by atoms with E-state index in [1.807, 2.05) is 11.0 Å². The predicted octanol–water partition coefficient (Wildman–Crippen LogP) is 4.71. The van der Waals surface area contributed by atoms with Crippen molar-refractivity contribution >= 4 is 5.70 Å². The molecule has 34 heavy (non-hydrogen) atoms. The zero-order valence-corrected chi connectivity index (χ0v) is 20.3. The summed E-state index contributed by atoms with van der Waals surface area (Å²) in [5, 5.41) is 9.74. The Morgan fingerprint density at radius 1 is 1.15 bits per heavy atom. The average molecular weight is 471 g/mol. The van der Waals surface area contributed by atoms with Crippen LogP contribution in [0.1, 0.15) is 50.8 Å². The minimum atomic E-state index is -1.14. The van der Waals surface area contributed by atoms with Crippen molar-refractivity contribution in [2.45, 2.75) is 57.7 Å². The van der Waals surface area contributed by atoms with Gasteiger partial charge in [-0.15, -0.1) is 0 Å². The maximum absolute atomic E-state index is 14.9. The van der Waals surface area contributed by atoms with Gasteiger partial charge in [0.15, 0.2) is 0 Å². The Morgan fingerprint density at radius 2 is 1.91 bits per heavy atom. The topological polar surface area (TPSA) is 52.5 Å². The van der Waals surface area contributed by atoms with Crippen LogP contribution in [-0.2, 0) is 6.42 Å². The van der Waals surface area contributed by atoms with Crippen LogP contribution in [0.2, 0.25) is 0 Å². The van der Waals surface area contributed by atoms with Crippen LogP contribution in [0.3, 0.4) is 0 Å². The molecular formula is C27H36F2N4O. The molecule has 5 nitrogen and oxygen atoms in total. The van der Waals surface area contributed by atoms with Gasteiger partial charge in [-0.3, -0.25) is 9.97 Å². The fourth-order valence-electron chi connectivity index (χ4n) is 5.01. The maximum atomic E-state index is 14.9. The molecule has 4 rings (SSSR count). The number of aliphatic hydroxyl groups excluding tert-OH is 1. The zero-order valence-electron chi connectivity index (χ0n) is 20.3. The Balaban J connectivity index is 1.30. The molecule has 0 spiro atoms. The first-order valence-corrected chi connectivity index (χ1v) is 12.3. The third kappa shape index (κ3) is 6.39. The van der Waals surface area contributed by atoms with E-state index in [9.17, 15) is 13.9 Å². The second kappa shape index (κ2) is 10.5. The molecule has 1 aromatic heterocycles. The van der Waals surface area contributed by atoms with E-state index in [2.05, 4.69) is 21.4 Å². The lowest BCUT2D eigenvalue weighted by Crippen LogP contribution is -2.41. The third-order valence-corrected chi connectivity index (χ3v) is 6.94. The summed E-state index contributed by atoms with van der Waals surface area (Å²) in [7, 11) is 0. The van der Waals surface area contributed by atoms with Gasteiger partial charge in [0.2, 0.25) is 0 Å². The molecule has 1 aromatic carbocycles. The van der Waals surface area contributed by atoms with E-state index in [4.69, 9.17) is 0 Å². The first kappa shape index (κ1) is 24.7. The van der Waals surface area contributed by atoms with Crippen LogP contribution in [0, 0.1) is 11.7 Å². The molecule has 2 aliphatic rings. The number of aromatic nitrogens is 2. The molecular weight excluding hydrogens is 434 g/mol. The highest BCUT2D eigenvalue weighted by molar-refractivity contribution is 5.67. The Hall–Kier alpha value is -2.38. The predicted molar refractivity (Wildman–Crippen MR) is 131 cm³/mol. The smallest absolute Gasteiger partial charge is 0.133 e. The fraction of sp³-hybridized carbons (Fsp3) is 0.556. The number of rotatable bonds is 8. The van der Waals surface area contributed by atoms with Gasteiger partial charge in [0.25, 0.3) is 0 Å². The van der Waals surface area contributed by atoms with Gasteiger partial charge in [-0.25, -0.2) is 8.78 Å². The minimum Gasteiger partial charge on any atom is -0.391 e. The van der Waals surface area contributed by atoms with E-state index in [-0.39, 0.29) is 11.9 Å². The summed E-state index contributed by atoms with van der Waals surface area (Å²) in [4.78, 5) is 13.2. The number of hydrogen-bond donors (Lipinski definition) is 1. The van der Waals surface area contributed by atoms with E-state index >= 15 is 0 Å². The van der Waals surface area contributed by atoms with Crippen molar-refractivity contribution in [2.24, 2.45) is 5.92 Å². The van der Waals surface area contributed by atoms with Gasteiger partial charge in [0, 0.05) is 42.7 Å². The van der Waals surface area contributed by atoms with Crippen molar-refractivity contribution < 1.29 is 13.9 Å². The number of likely N-dealkylation sites (tertiary alicyclic amines) is 2. The Morgan fingerprint density at radius 3 is 2.50 bits per heavy atom. The van der Waals surface area contributed by atoms with Crippen molar-refractivity contribution in [1.29, 1.82) is 0 Å². The first-order valence-electron chi connectivity index (χ1n) is 12.3. The molecule has 0 amide bonds. The van der Waals surface area contributed by atoms with Gasteiger partial charge in [0.1, 0.15) is 11.5 Å². The Bertz CT molecular complexity index is 981. The summed E-state index contributed by atoms with van der Waals surface area (Å²) in [5.41, 5.74) is 2.13. The quantitative estimate of drug-likeness (QED) is 0.606. The first-order chi connectivity index (χ1) is 16.2. The monoisotopic (exact) mass is 470 g/mol. The van der Waals surface area contributed by atoms with Crippen LogP contribution in [0.15, 0.2) is 37.2 Å². The van der Waals surface area contributed by atoms with E-state index in [0.29, 0.717) is 42.2 Å². The number of nitrogens with zero attached hydrogens (tertiary/aromatic N) is 4. The van der Waals surface area contributed by atoms with Crippen molar-refractivity contribution in [3.05, 3.63) is 54.2 Å². The van der Waals surface area contributed by atoms with E-state index in [1.165, 1.54) is 6.07 Å². The zero-order chi connectivity index (χ0) is 24.3. The number of aliphatic hydroxyl groups is 1. The number of hydrogen-bond acceptors (Lipinski definition) is 5. The molecule has 3 heterocycles. The number of alkyl halides is 1. The molecule has 2 aromatic rings. The number of halogens is 2. The highest BCUT2D eigenvalue weighted by Gasteiger charge is 2.25. The number of aryl methyl sites for hydroxylation is 1. The molecule has 1 N–H and O–H groups in total. The Labute approximate surface area is 201 Å². The highest BCUT2D eigenvalue weighted by atomic mass is 19.1. The summed E-state index contributed by atoms with van der Waals surface area (Å²) >= 11 is 0. The lowest BCUT2D eigenvalue weighted by atomic mass is 9.91. The molecule has 2 saturated heterocycles. The van der Waals surface area contributed by atoms with Crippen LogP contribution < -0.4 is 0 Å². The lowest BCUT2D eigenvalue weighted by Gasteiger charge is -2.34. The van der Waals surface area contributed by atoms with E-state index in [0.717, 1.165) is 56.7 Å². The average Bonchev–Trinajstić information content (AvgIpc) is 3.24. The molecule has 184 valence electrons. The molecule has 2 fully saturated rings. The minimum absolute atomic E-state index is 0.351. The lowest BCUT2D eigenvalue weighted by molar-refractivity contribution is 0.0942. The standard InChI is InChI=1S/C27H36F2N4O/c1-19(33-13-10-23(34)17-33)21-5-7-24(25(28)14-21)26-16-30-22(15-31-26)6-4-20-8-11-32(12-9-20)18-27(2,3)29/h5,7,14-16,20,23,34H,1,4,6,8-13,17-18H2,2-3H3.